The fraction of sp³-hybridized carbons (Fsp3) is 0.312. The molecule has 0 spiro atoms. The molecule has 2 heterocycles. The van der Waals surface area contributed by atoms with Crippen LogP contribution in [0.2, 0.25) is 0 Å². The lowest BCUT2D eigenvalue weighted by atomic mass is 10.1. The molecule has 1 fully saturated rings. The van der Waals surface area contributed by atoms with Gasteiger partial charge in [-0.2, -0.15) is 0 Å². The molecule has 3 aromatic rings. The maximum Gasteiger partial charge on any atom is 0.214 e. The van der Waals surface area contributed by atoms with Crippen LogP contribution >= 0.6 is 11.3 Å². The number of carbonyl (C=O) groups excluding carboxylic acids is 1. The molecule has 2 aromatic heterocycles. The average Bonchev–Trinajstić information content (AvgIpc) is 3.16. The Bertz CT molecular complexity index is 862. The summed E-state index contributed by atoms with van der Waals surface area (Å²) in [4.78, 5) is 19.1. The number of hydrogen-bond donors (Lipinski definition) is 0. The van der Waals surface area contributed by atoms with Crippen LogP contribution in [0.25, 0.3) is 16.2 Å². The lowest BCUT2D eigenvalue weighted by Crippen LogP contribution is -2.19. The summed E-state index contributed by atoms with van der Waals surface area (Å²) in [7, 11) is 2.09. The number of imidazole rings is 1. The molecule has 0 atom stereocenters. The molecular formula is C16H16N4OS. The second-order valence-electron chi connectivity index (χ2n) is 5.70. The molecular weight excluding hydrogens is 296 g/mol. The molecule has 4 rings (SSSR count). The largest absolute Gasteiger partial charge is 0.347 e. The lowest BCUT2D eigenvalue weighted by molar-refractivity contribution is 0.101. The Hall–Kier alpha value is -2.21. The summed E-state index contributed by atoms with van der Waals surface area (Å²) < 4.78 is 1.87. The number of fused-ring (bicyclic) bond motifs is 1. The first-order valence-corrected chi connectivity index (χ1v) is 8.14. The monoisotopic (exact) mass is 312 g/mol. The van der Waals surface area contributed by atoms with Crippen molar-refractivity contribution in [3.63, 3.8) is 0 Å². The topological polar surface area (TPSA) is 50.5 Å². The van der Waals surface area contributed by atoms with Gasteiger partial charge in [-0.25, -0.2) is 9.50 Å². The van der Waals surface area contributed by atoms with Crippen molar-refractivity contribution in [2.24, 2.45) is 0 Å². The number of ketones is 1. The number of benzene rings is 1. The van der Waals surface area contributed by atoms with Gasteiger partial charge in [0.05, 0.1) is 11.9 Å². The third kappa shape index (κ3) is 2.20. The van der Waals surface area contributed by atoms with Crippen LogP contribution in [0.15, 0.2) is 30.5 Å². The third-order valence-electron chi connectivity index (χ3n) is 4.04. The van der Waals surface area contributed by atoms with Crippen LogP contribution in [0, 0.1) is 0 Å². The van der Waals surface area contributed by atoms with E-state index >= 15 is 0 Å². The van der Waals surface area contributed by atoms with E-state index in [1.54, 1.807) is 18.3 Å². The van der Waals surface area contributed by atoms with E-state index in [1.165, 1.54) is 12.8 Å². The molecule has 1 saturated carbocycles. The van der Waals surface area contributed by atoms with Crippen molar-refractivity contribution in [3.8, 4) is 11.3 Å². The van der Waals surface area contributed by atoms with Gasteiger partial charge in [0.25, 0.3) is 0 Å². The van der Waals surface area contributed by atoms with Gasteiger partial charge < -0.3 is 4.90 Å². The zero-order valence-electron chi connectivity index (χ0n) is 12.5. The molecule has 0 amide bonds. The number of Topliss-reactive ketones (excluding diaryl/α,β-unsaturated/α-hetero) is 1. The lowest BCUT2D eigenvalue weighted by Gasteiger charge is -2.12. The number of nitrogens with zero attached hydrogens (tertiary/aromatic N) is 4. The average molecular weight is 312 g/mol. The van der Waals surface area contributed by atoms with Crippen molar-refractivity contribution in [2.75, 3.05) is 11.9 Å². The number of carbonyl (C=O) groups is 1. The Morgan fingerprint density at radius 3 is 2.95 bits per heavy atom. The van der Waals surface area contributed by atoms with Crippen LogP contribution in [0.3, 0.4) is 0 Å². The minimum absolute atomic E-state index is 0.0649. The van der Waals surface area contributed by atoms with Crippen LogP contribution in [0.4, 0.5) is 5.13 Å². The summed E-state index contributed by atoms with van der Waals surface area (Å²) in [5.74, 6) is 0.0649. The van der Waals surface area contributed by atoms with Gasteiger partial charge >= 0.3 is 0 Å². The minimum Gasteiger partial charge on any atom is -0.347 e. The van der Waals surface area contributed by atoms with Gasteiger partial charge in [-0.3, -0.25) is 4.79 Å². The number of aromatic nitrogens is 3. The molecule has 1 aromatic carbocycles. The maximum atomic E-state index is 11.6. The molecule has 0 N–H and O–H groups in total. The molecule has 5 nitrogen and oxygen atoms in total. The summed E-state index contributed by atoms with van der Waals surface area (Å²) in [5, 5.41) is 5.69. The van der Waals surface area contributed by atoms with E-state index < -0.39 is 0 Å². The van der Waals surface area contributed by atoms with Crippen molar-refractivity contribution in [1.82, 2.24) is 14.6 Å². The van der Waals surface area contributed by atoms with Gasteiger partial charge in [-0.15, -0.1) is 5.10 Å². The van der Waals surface area contributed by atoms with Gasteiger partial charge in [0, 0.05) is 24.2 Å². The maximum absolute atomic E-state index is 11.6. The predicted molar refractivity (Wildman–Crippen MR) is 87.7 cm³/mol. The molecule has 0 bridgehead atoms. The van der Waals surface area contributed by atoms with Crippen LogP contribution in [-0.2, 0) is 0 Å². The fourth-order valence-electron chi connectivity index (χ4n) is 2.54. The zero-order chi connectivity index (χ0) is 15.3. The van der Waals surface area contributed by atoms with E-state index in [4.69, 9.17) is 5.10 Å². The second-order valence-corrected chi connectivity index (χ2v) is 6.64. The first-order valence-electron chi connectivity index (χ1n) is 7.32. The van der Waals surface area contributed by atoms with Crippen molar-refractivity contribution in [2.45, 2.75) is 25.8 Å². The Morgan fingerprint density at radius 2 is 2.23 bits per heavy atom. The van der Waals surface area contributed by atoms with E-state index in [9.17, 15) is 4.79 Å². The Labute approximate surface area is 132 Å². The van der Waals surface area contributed by atoms with Crippen LogP contribution < -0.4 is 4.90 Å². The first-order chi connectivity index (χ1) is 10.6. The predicted octanol–water partition coefficient (Wildman–Crippen LogP) is 3.26. The van der Waals surface area contributed by atoms with Crippen LogP contribution in [0.1, 0.15) is 30.1 Å². The highest BCUT2D eigenvalue weighted by molar-refractivity contribution is 7.20. The summed E-state index contributed by atoms with van der Waals surface area (Å²) in [6, 6.07) is 8.24. The summed E-state index contributed by atoms with van der Waals surface area (Å²) >= 11 is 1.60. The van der Waals surface area contributed by atoms with E-state index in [2.05, 4.69) is 16.9 Å². The molecule has 1 aliphatic carbocycles. The standard InChI is InChI=1S/C16H16N4OS/c1-10(21)11-4-3-5-12(8-11)14-9-17-15-20(14)18-16(22-15)19(2)13-6-7-13/h3-5,8-9,13H,6-7H2,1-2H3. The molecule has 1 aliphatic rings. The summed E-state index contributed by atoms with van der Waals surface area (Å²) in [5.41, 5.74) is 2.59. The molecule has 0 unspecified atom stereocenters. The number of anilines is 1. The third-order valence-corrected chi connectivity index (χ3v) is 5.05. The number of rotatable bonds is 4. The molecule has 112 valence electrons. The van der Waals surface area contributed by atoms with Crippen LogP contribution in [-0.4, -0.2) is 33.5 Å². The summed E-state index contributed by atoms with van der Waals surface area (Å²) in [6.45, 7) is 1.58. The van der Waals surface area contributed by atoms with Gasteiger partial charge in [-0.05, 0) is 25.8 Å². The van der Waals surface area contributed by atoms with E-state index in [-0.39, 0.29) is 5.78 Å². The van der Waals surface area contributed by atoms with Gasteiger partial charge in [0.1, 0.15) is 0 Å². The molecule has 0 saturated heterocycles. The van der Waals surface area contributed by atoms with Crippen molar-refractivity contribution < 1.29 is 4.79 Å². The highest BCUT2D eigenvalue weighted by Crippen LogP contribution is 2.34. The van der Waals surface area contributed by atoms with Gasteiger partial charge in [-0.1, -0.05) is 29.5 Å². The highest BCUT2D eigenvalue weighted by Gasteiger charge is 2.28. The quantitative estimate of drug-likeness (QED) is 0.694. The van der Waals surface area contributed by atoms with Gasteiger partial charge in [0.2, 0.25) is 10.1 Å². The van der Waals surface area contributed by atoms with Crippen molar-refractivity contribution in [3.05, 3.63) is 36.0 Å². The highest BCUT2D eigenvalue weighted by atomic mass is 32.1. The SMILES string of the molecule is CC(=O)c1cccc(-c2cnc3sc(N(C)C4CC4)nn23)c1. The Kier molecular flexibility index (Phi) is 3.00. The first kappa shape index (κ1) is 13.5. The van der Waals surface area contributed by atoms with Crippen LogP contribution in [0.5, 0.6) is 0 Å². The van der Waals surface area contributed by atoms with Crippen molar-refractivity contribution in [1.29, 1.82) is 0 Å². The normalized spacial score (nSPS) is 14.5. The Morgan fingerprint density at radius 1 is 1.41 bits per heavy atom. The van der Waals surface area contributed by atoms with E-state index in [0.717, 1.165) is 21.3 Å². The number of hydrogen-bond acceptors (Lipinski definition) is 5. The molecule has 0 radical (unpaired) electrons. The van der Waals surface area contributed by atoms with Gasteiger partial charge in [0.15, 0.2) is 5.78 Å². The zero-order valence-corrected chi connectivity index (χ0v) is 13.3. The fourth-order valence-corrected chi connectivity index (χ4v) is 3.45. The summed E-state index contributed by atoms with van der Waals surface area (Å²) in [6.07, 6.45) is 4.30. The molecule has 6 heteroatoms. The second kappa shape index (κ2) is 4.91. The van der Waals surface area contributed by atoms with E-state index in [1.807, 2.05) is 35.0 Å². The minimum atomic E-state index is 0.0649. The molecule has 0 aliphatic heterocycles. The smallest absolute Gasteiger partial charge is 0.214 e. The van der Waals surface area contributed by atoms with Crippen molar-refractivity contribution >= 4 is 27.2 Å². The molecule has 22 heavy (non-hydrogen) atoms. The van der Waals surface area contributed by atoms with E-state index in [0.29, 0.717) is 11.6 Å². The Balaban J connectivity index is 1.78.